The zero-order valence-corrected chi connectivity index (χ0v) is 15.1. The number of nitrogens with one attached hydrogen (secondary N) is 1. The molecule has 0 saturated carbocycles. The maximum Gasteiger partial charge on any atom is 0.227 e. The van der Waals surface area contributed by atoms with Gasteiger partial charge in [0, 0.05) is 31.2 Å². The van der Waals surface area contributed by atoms with Gasteiger partial charge in [-0.15, -0.1) is 0 Å². The van der Waals surface area contributed by atoms with Crippen molar-refractivity contribution >= 4 is 24.3 Å². The van der Waals surface area contributed by atoms with Crippen LogP contribution in [0.3, 0.4) is 0 Å². The van der Waals surface area contributed by atoms with E-state index >= 15 is 0 Å². The van der Waals surface area contributed by atoms with E-state index in [0.29, 0.717) is 18.5 Å². The monoisotopic (exact) mass is 332 g/mol. The van der Waals surface area contributed by atoms with Crippen LogP contribution >= 0.6 is 0 Å². The third kappa shape index (κ3) is 4.43. The number of hydrogen-bond acceptors (Lipinski definition) is 3. The Morgan fingerprint density at radius 1 is 1.42 bits per heavy atom. The van der Waals surface area contributed by atoms with Gasteiger partial charge in [0.25, 0.3) is 0 Å². The van der Waals surface area contributed by atoms with Gasteiger partial charge in [-0.1, -0.05) is 20.8 Å². The normalized spacial score (nSPS) is 17.0. The Hall–Kier alpha value is -2.18. The van der Waals surface area contributed by atoms with Gasteiger partial charge in [-0.05, 0) is 26.5 Å². The Kier molecular flexibility index (Phi) is 5.75. The summed E-state index contributed by atoms with van der Waals surface area (Å²) in [5.74, 6) is 0.726. The average molecular weight is 332 g/mol. The molecule has 1 N–H and O–H groups in total. The number of amides is 1. The number of carbonyl (C=O) groups excluding carboxylic acids is 1. The Labute approximate surface area is 143 Å². The van der Waals surface area contributed by atoms with Crippen molar-refractivity contribution in [1.29, 1.82) is 0 Å². The molecular formula is C17H28N6O. The van der Waals surface area contributed by atoms with Gasteiger partial charge in [0.05, 0.1) is 17.9 Å². The number of hydrogen-bond donors (Lipinski definition) is 1. The second-order valence-electron chi connectivity index (χ2n) is 7.06. The lowest BCUT2D eigenvalue weighted by atomic mass is 9.93. The lowest BCUT2D eigenvalue weighted by Gasteiger charge is -2.35. The van der Waals surface area contributed by atoms with E-state index in [1.54, 1.807) is 6.20 Å². The van der Waals surface area contributed by atoms with Crippen molar-refractivity contribution in [2.45, 2.75) is 46.6 Å². The zero-order chi connectivity index (χ0) is 17.7. The number of aliphatic imine (C=N–C) groups is 2. The van der Waals surface area contributed by atoms with Crippen molar-refractivity contribution < 1.29 is 4.79 Å². The summed E-state index contributed by atoms with van der Waals surface area (Å²) >= 11 is 0. The predicted molar refractivity (Wildman–Crippen MR) is 97.7 cm³/mol. The van der Waals surface area contributed by atoms with Crippen LogP contribution < -0.4 is 5.32 Å². The molecule has 7 nitrogen and oxygen atoms in total. The van der Waals surface area contributed by atoms with Crippen LogP contribution in [0, 0.1) is 5.41 Å². The van der Waals surface area contributed by atoms with Crippen LogP contribution in [0.2, 0.25) is 0 Å². The first-order chi connectivity index (χ1) is 11.3. The number of nitrogens with zero attached hydrogens (tertiary/aromatic N) is 5. The van der Waals surface area contributed by atoms with E-state index in [1.807, 2.05) is 43.5 Å². The molecule has 0 aliphatic carbocycles. The topological polar surface area (TPSA) is 74.9 Å². The molecule has 0 spiro atoms. The Balaban J connectivity index is 1.94. The summed E-state index contributed by atoms with van der Waals surface area (Å²) in [6.45, 7) is 13.6. The first-order valence-electron chi connectivity index (χ1n) is 8.47. The van der Waals surface area contributed by atoms with Crippen LogP contribution in [0.4, 0.5) is 5.69 Å². The van der Waals surface area contributed by atoms with Crippen LogP contribution in [0.25, 0.3) is 0 Å². The van der Waals surface area contributed by atoms with E-state index in [4.69, 9.17) is 0 Å². The lowest BCUT2D eigenvalue weighted by molar-refractivity contribution is -0.140. The van der Waals surface area contributed by atoms with E-state index < -0.39 is 0 Å². The lowest BCUT2D eigenvalue weighted by Crippen LogP contribution is -2.44. The highest BCUT2D eigenvalue weighted by molar-refractivity contribution is 5.96. The van der Waals surface area contributed by atoms with Crippen molar-refractivity contribution in [2.75, 3.05) is 25.0 Å². The minimum absolute atomic E-state index is 0.223. The second-order valence-corrected chi connectivity index (χ2v) is 7.06. The molecule has 1 amide bonds. The number of piperidine rings is 1. The Bertz CT molecular complexity index is 605. The van der Waals surface area contributed by atoms with Gasteiger partial charge < -0.3 is 10.2 Å². The second kappa shape index (κ2) is 7.59. The molecule has 2 heterocycles. The maximum atomic E-state index is 12.3. The first-order valence-corrected chi connectivity index (χ1v) is 8.47. The summed E-state index contributed by atoms with van der Waals surface area (Å²) in [7, 11) is 0. The fourth-order valence-electron chi connectivity index (χ4n) is 2.82. The number of rotatable bonds is 3. The molecule has 1 fully saturated rings. The number of guanidine groups is 1. The van der Waals surface area contributed by atoms with Crippen molar-refractivity contribution in [3.63, 3.8) is 0 Å². The third-order valence-electron chi connectivity index (χ3n) is 4.08. The summed E-state index contributed by atoms with van der Waals surface area (Å²) < 4.78 is 1.97. The summed E-state index contributed by atoms with van der Waals surface area (Å²) in [5.41, 5.74) is 0.533. The number of aromatic nitrogens is 2. The van der Waals surface area contributed by atoms with E-state index in [-0.39, 0.29) is 11.3 Å². The van der Waals surface area contributed by atoms with E-state index in [0.717, 1.165) is 31.6 Å². The summed E-state index contributed by atoms with van der Waals surface area (Å²) in [6.07, 6.45) is 5.56. The molecule has 1 aliphatic rings. The summed E-state index contributed by atoms with van der Waals surface area (Å²) in [6, 6.07) is 0.313. The molecule has 0 unspecified atom stereocenters. The minimum atomic E-state index is -0.317. The Morgan fingerprint density at radius 3 is 2.62 bits per heavy atom. The molecule has 1 aliphatic heterocycles. The minimum Gasteiger partial charge on any atom is -0.342 e. The SMILES string of the molecule is C=N/C(=N\CC)Nc1cnn(C2CCN(C(=O)C(C)(C)C)CC2)c1. The molecule has 1 aromatic rings. The van der Waals surface area contributed by atoms with Crippen LogP contribution in [-0.2, 0) is 4.79 Å². The van der Waals surface area contributed by atoms with Gasteiger partial charge in [0.15, 0.2) is 0 Å². The third-order valence-corrected chi connectivity index (χ3v) is 4.08. The van der Waals surface area contributed by atoms with Gasteiger partial charge >= 0.3 is 0 Å². The molecular weight excluding hydrogens is 304 g/mol. The molecule has 0 aromatic carbocycles. The highest BCUT2D eigenvalue weighted by Gasteiger charge is 2.30. The van der Waals surface area contributed by atoms with Crippen molar-refractivity contribution in [1.82, 2.24) is 14.7 Å². The van der Waals surface area contributed by atoms with Crippen LogP contribution in [0.5, 0.6) is 0 Å². The van der Waals surface area contributed by atoms with E-state index in [2.05, 4.69) is 27.1 Å². The van der Waals surface area contributed by atoms with Gasteiger partial charge in [-0.25, -0.2) is 4.99 Å². The molecule has 1 aromatic heterocycles. The number of likely N-dealkylation sites (tertiary alicyclic amines) is 1. The molecule has 2 rings (SSSR count). The van der Waals surface area contributed by atoms with Crippen LogP contribution in [0.1, 0.15) is 46.6 Å². The van der Waals surface area contributed by atoms with Crippen molar-refractivity contribution in [2.24, 2.45) is 15.4 Å². The highest BCUT2D eigenvalue weighted by Crippen LogP contribution is 2.26. The molecule has 7 heteroatoms. The standard InChI is InChI=1S/C17H28N6O/c1-6-19-16(18-5)21-13-11-20-23(12-13)14-7-9-22(10-8-14)15(24)17(2,3)4/h11-12,14H,5-10H2,1-4H3,(H,19,21). The van der Waals surface area contributed by atoms with Gasteiger partial charge in [0.2, 0.25) is 11.9 Å². The molecule has 0 bridgehead atoms. The van der Waals surface area contributed by atoms with Gasteiger partial charge in [0.1, 0.15) is 0 Å². The van der Waals surface area contributed by atoms with Gasteiger partial charge in [-0.2, -0.15) is 5.10 Å². The van der Waals surface area contributed by atoms with E-state index in [9.17, 15) is 4.79 Å². The van der Waals surface area contributed by atoms with Crippen molar-refractivity contribution in [3.8, 4) is 0 Å². The van der Waals surface area contributed by atoms with Gasteiger partial charge in [-0.3, -0.25) is 14.5 Å². The fourth-order valence-corrected chi connectivity index (χ4v) is 2.82. The molecule has 24 heavy (non-hydrogen) atoms. The number of anilines is 1. The fraction of sp³-hybridized carbons (Fsp3) is 0.647. The largest absolute Gasteiger partial charge is 0.342 e. The van der Waals surface area contributed by atoms with Crippen LogP contribution in [-0.4, -0.2) is 52.9 Å². The summed E-state index contributed by atoms with van der Waals surface area (Å²) in [4.78, 5) is 22.4. The number of carbonyl (C=O) groups is 1. The molecule has 0 radical (unpaired) electrons. The molecule has 132 valence electrons. The average Bonchev–Trinajstić information content (AvgIpc) is 3.01. The zero-order valence-electron chi connectivity index (χ0n) is 15.1. The quantitative estimate of drug-likeness (QED) is 0.683. The first kappa shape index (κ1) is 18.2. The molecule has 1 saturated heterocycles. The van der Waals surface area contributed by atoms with Crippen molar-refractivity contribution in [3.05, 3.63) is 12.4 Å². The van der Waals surface area contributed by atoms with E-state index in [1.165, 1.54) is 0 Å². The Morgan fingerprint density at radius 2 is 2.08 bits per heavy atom. The molecule has 0 atom stereocenters. The highest BCUT2D eigenvalue weighted by atomic mass is 16.2. The smallest absolute Gasteiger partial charge is 0.227 e. The summed E-state index contributed by atoms with van der Waals surface area (Å²) in [5, 5.41) is 7.55. The predicted octanol–water partition coefficient (Wildman–Crippen LogP) is 2.58. The van der Waals surface area contributed by atoms with Crippen LogP contribution in [0.15, 0.2) is 22.4 Å². The maximum absolute atomic E-state index is 12.3.